The molecule has 0 N–H and O–H groups in total. The zero-order valence-electron chi connectivity index (χ0n) is 19.2. The fourth-order valence-electron chi connectivity index (χ4n) is 4.19. The van der Waals surface area contributed by atoms with Crippen molar-refractivity contribution in [3.8, 4) is 17.0 Å². The van der Waals surface area contributed by atoms with Crippen LogP contribution in [0.3, 0.4) is 0 Å². The summed E-state index contributed by atoms with van der Waals surface area (Å²) in [5.74, 6) is 0.300. The lowest BCUT2D eigenvalue weighted by atomic mass is 10.1. The summed E-state index contributed by atoms with van der Waals surface area (Å²) in [5.41, 5.74) is 0.388. The lowest BCUT2D eigenvalue weighted by Crippen LogP contribution is -2.48. The average Bonchev–Trinajstić information content (AvgIpc) is 3.32. The second kappa shape index (κ2) is 9.34. The normalized spacial score (nSPS) is 14.4. The first kappa shape index (κ1) is 23.9. The highest BCUT2D eigenvalue weighted by atomic mass is 35.5. The minimum absolute atomic E-state index is 0.0619. The van der Waals surface area contributed by atoms with Gasteiger partial charge >= 0.3 is 6.18 Å². The summed E-state index contributed by atoms with van der Waals surface area (Å²) < 4.78 is 47.6. The first-order valence-electron chi connectivity index (χ1n) is 11.2. The molecule has 1 fully saturated rings. The maximum Gasteiger partial charge on any atom is 0.433 e. The van der Waals surface area contributed by atoms with Gasteiger partial charge in [0.25, 0.3) is 5.91 Å². The van der Waals surface area contributed by atoms with Gasteiger partial charge in [-0.3, -0.25) is 4.79 Å². The maximum absolute atomic E-state index is 13.9. The van der Waals surface area contributed by atoms with Crippen molar-refractivity contribution in [1.29, 1.82) is 0 Å². The van der Waals surface area contributed by atoms with Gasteiger partial charge in [-0.15, -0.1) is 0 Å². The molecule has 0 radical (unpaired) electrons. The van der Waals surface area contributed by atoms with Crippen LogP contribution in [0.15, 0.2) is 60.7 Å². The van der Waals surface area contributed by atoms with Gasteiger partial charge in [0.1, 0.15) is 5.75 Å². The van der Waals surface area contributed by atoms with E-state index in [0.717, 1.165) is 17.5 Å². The van der Waals surface area contributed by atoms with Crippen LogP contribution < -0.4 is 9.64 Å². The predicted molar refractivity (Wildman–Crippen MR) is 130 cm³/mol. The van der Waals surface area contributed by atoms with Crippen molar-refractivity contribution in [2.75, 3.05) is 38.2 Å². The molecule has 0 bridgehead atoms. The molecule has 1 aliphatic rings. The summed E-state index contributed by atoms with van der Waals surface area (Å²) in [7, 11) is 1.60. The fraction of sp³-hybridized carbons (Fsp3) is 0.240. The van der Waals surface area contributed by atoms with E-state index in [9.17, 15) is 18.0 Å². The molecule has 0 aliphatic carbocycles. The number of carbonyl (C=O) groups is 1. The van der Waals surface area contributed by atoms with Gasteiger partial charge in [-0.1, -0.05) is 29.8 Å². The number of hydrogen-bond donors (Lipinski definition) is 0. The highest BCUT2D eigenvalue weighted by Crippen LogP contribution is 2.33. The van der Waals surface area contributed by atoms with E-state index in [2.05, 4.69) is 15.0 Å². The smallest absolute Gasteiger partial charge is 0.433 e. The van der Waals surface area contributed by atoms with E-state index in [1.54, 1.807) is 36.3 Å². The highest BCUT2D eigenvalue weighted by Gasteiger charge is 2.36. The number of anilines is 1. The highest BCUT2D eigenvalue weighted by molar-refractivity contribution is 6.30. The molecule has 36 heavy (non-hydrogen) atoms. The number of methoxy groups -OCH3 is 1. The van der Waals surface area contributed by atoms with E-state index in [-0.39, 0.29) is 17.0 Å². The van der Waals surface area contributed by atoms with Crippen LogP contribution in [0.5, 0.6) is 5.75 Å². The number of nitrogens with zero attached hydrogens (tertiary/aromatic N) is 5. The van der Waals surface area contributed by atoms with Crippen LogP contribution in [0.2, 0.25) is 5.02 Å². The molecule has 0 atom stereocenters. The second-order valence-electron chi connectivity index (χ2n) is 8.31. The van der Waals surface area contributed by atoms with E-state index in [1.807, 2.05) is 24.3 Å². The molecule has 1 amide bonds. The monoisotopic (exact) mass is 515 g/mol. The Morgan fingerprint density at radius 2 is 1.72 bits per heavy atom. The molecule has 7 nitrogen and oxygen atoms in total. The molecule has 1 saturated heterocycles. The van der Waals surface area contributed by atoms with Crippen LogP contribution in [0.1, 0.15) is 16.2 Å². The molecule has 0 unspecified atom stereocenters. The molecule has 0 spiro atoms. The number of halogens is 4. The van der Waals surface area contributed by atoms with E-state index < -0.39 is 17.8 Å². The number of carbonyl (C=O) groups excluding carboxylic acids is 1. The van der Waals surface area contributed by atoms with Crippen LogP contribution in [-0.4, -0.2) is 58.7 Å². The lowest BCUT2D eigenvalue weighted by Gasteiger charge is -2.35. The number of amides is 1. The number of fused-ring (bicyclic) bond motifs is 1. The molecule has 0 saturated carbocycles. The van der Waals surface area contributed by atoms with Gasteiger partial charge in [0.2, 0.25) is 0 Å². The number of rotatable bonds is 4. The van der Waals surface area contributed by atoms with Crippen molar-refractivity contribution in [1.82, 2.24) is 19.5 Å². The van der Waals surface area contributed by atoms with Crippen molar-refractivity contribution >= 4 is 28.8 Å². The topological polar surface area (TPSA) is 63.0 Å². The molecular formula is C25H21ClF3N5O2. The lowest BCUT2D eigenvalue weighted by molar-refractivity contribution is -0.142. The summed E-state index contributed by atoms with van der Waals surface area (Å²) in [4.78, 5) is 21.2. The van der Waals surface area contributed by atoms with Crippen molar-refractivity contribution in [3.63, 3.8) is 0 Å². The zero-order valence-corrected chi connectivity index (χ0v) is 19.9. The molecule has 4 aromatic rings. The number of aromatic nitrogens is 3. The summed E-state index contributed by atoms with van der Waals surface area (Å²) in [6.07, 6.45) is -4.70. The number of hydrogen-bond acceptors (Lipinski definition) is 5. The quantitative estimate of drug-likeness (QED) is 0.381. The minimum atomic E-state index is -4.70. The van der Waals surface area contributed by atoms with E-state index in [1.165, 1.54) is 6.07 Å². The molecule has 1 aliphatic heterocycles. The molecule has 2 aromatic carbocycles. The molecule has 11 heteroatoms. The van der Waals surface area contributed by atoms with Crippen LogP contribution in [0.4, 0.5) is 18.9 Å². The second-order valence-corrected chi connectivity index (χ2v) is 8.75. The third-order valence-electron chi connectivity index (χ3n) is 6.06. The van der Waals surface area contributed by atoms with E-state index in [4.69, 9.17) is 16.3 Å². The van der Waals surface area contributed by atoms with Crippen molar-refractivity contribution in [3.05, 3.63) is 77.1 Å². The molecular weight excluding hydrogens is 495 g/mol. The van der Waals surface area contributed by atoms with Crippen LogP contribution in [0.25, 0.3) is 16.9 Å². The first-order chi connectivity index (χ1) is 17.2. The SMILES string of the molecule is COc1cccc(N2CCN(C(=O)c3cc4nc(-c5ccc(Cl)cc5)cc(C(F)(F)F)n4n3)CC2)c1. The van der Waals surface area contributed by atoms with Gasteiger partial charge in [0, 0.05) is 54.6 Å². The maximum atomic E-state index is 13.9. The summed E-state index contributed by atoms with van der Waals surface area (Å²) >= 11 is 5.90. The number of benzene rings is 2. The van der Waals surface area contributed by atoms with Crippen molar-refractivity contribution < 1.29 is 22.7 Å². The van der Waals surface area contributed by atoms with Crippen molar-refractivity contribution in [2.24, 2.45) is 0 Å². The van der Waals surface area contributed by atoms with Crippen molar-refractivity contribution in [2.45, 2.75) is 6.18 Å². The van der Waals surface area contributed by atoms with Gasteiger partial charge in [0.05, 0.1) is 12.8 Å². The van der Waals surface area contributed by atoms with Gasteiger partial charge in [-0.05, 0) is 30.3 Å². The Morgan fingerprint density at radius 3 is 2.39 bits per heavy atom. The third-order valence-corrected chi connectivity index (χ3v) is 6.31. The number of piperazine rings is 1. The Bertz CT molecular complexity index is 1410. The molecule has 3 heterocycles. The first-order valence-corrected chi connectivity index (χ1v) is 11.5. The molecule has 5 rings (SSSR count). The van der Waals surface area contributed by atoms with E-state index in [0.29, 0.717) is 41.3 Å². The summed E-state index contributed by atoms with van der Waals surface area (Å²) in [5, 5.41) is 4.45. The Hall–Kier alpha value is -3.79. The van der Waals surface area contributed by atoms with Gasteiger partial charge in [-0.2, -0.15) is 18.3 Å². The Morgan fingerprint density at radius 1 is 1.00 bits per heavy atom. The van der Waals surface area contributed by atoms with E-state index >= 15 is 0 Å². The number of alkyl halides is 3. The Labute approximate surface area is 209 Å². The summed E-state index contributed by atoms with van der Waals surface area (Å²) in [6, 6.07) is 16.2. The average molecular weight is 516 g/mol. The third kappa shape index (κ3) is 4.68. The standard InChI is InChI=1S/C25H21ClF3N5O2/c1-36-19-4-2-3-18(13-19)32-9-11-33(12-10-32)24(35)21-15-23-30-20(16-5-7-17(26)8-6-16)14-22(25(27,28)29)34(23)31-21/h2-8,13-15H,9-12H2,1H3. The largest absolute Gasteiger partial charge is 0.497 e. The Kier molecular flexibility index (Phi) is 6.21. The molecule has 2 aromatic heterocycles. The van der Waals surface area contributed by atoms with Gasteiger partial charge in [-0.25, -0.2) is 9.50 Å². The summed E-state index contributed by atoms with van der Waals surface area (Å²) in [6.45, 7) is 1.94. The van der Waals surface area contributed by atoms with Crippen LogP contribution in [0, 0.1) is 0 Å². The number of ether oxygens (including phenoxy) is 1. The van der Waals surface area contributed by atoms with Gasteiger partial charge < -0.3 is 14.5 Å². The van der Waals surface area contributed by atoms with Crippen LogP contribution >= 0.6 is 11.6 Å². The predicted octanol–water partition coefficient (Wildman–Crippen LogP) is 5.04. The van der Waals surface area contributed by atoms with Crippen LogP contribution in [-0.2, 0) is 6.18 Å². The zero-order chi connectivity index (χ0) is 25.4. The van der Waals surface area contributed by atoms with Gasteiger partial charge in [0.15, 0.2) is 17.0 Å². The Balaban J connectivity index is 1.41. The minimum Gasteiger partial charge on any atom is -0.497 e. The molecule has 186 valence electrons. The fourth-order valence-corrected chi connectivity index (χ4v) is 4.31.